The second kappa shape index (κ2) is 12.7. The maximum atomic E-state index is 14.2. The second-order valence-corrected chi connectivity index (χ2v) is 13.4. The van der Waals surface area contributed by atoms with Crippen molar-refractivity contribution in [1.29, 1.82) is 0 Å². The van der Waals surface area contributed by atoms with Gasteiger partial charge >= 0.3 is 6.09 Å². The van der Waals surface area contributed by atoms with Crippen molar-refractivity contribution >= 4 is 29.3 Å². The van der Waals surface area contributed by atoms with E-state index in [0.29, 0.717) is 11.3 Å². The highest BCUT2D eigenvalue weighted by molar-refractivity contribution is 6.16. The van der Waals surface area contributed by atoms with Gasteiger partial charge in [-0.2, -0.15) is 0 Å². The van der Waals surface area contributed by atoms with Gasteiger partial charge in [-0.05, 0) is 56.8 Å². The molecule has 0 heterocycles. The van der Waals surface area contributed by atoms with E-state index < -0.39 is 71.1 Å². The van der Waals surface area contributed by atoms with Gasteiger partial charge in [0.15, 0.2) is 17.2 Å². The lowest BCUT2D eigenvalue weighted by Crippen LogP contribution is -2.62. The number of hydrogen-bond acceptors (Lipinski definition) is 11. The third-order valence-corrected chi connectivity index (χ3v) is 8.54. The molecule has 1 unspecified atom stereocenters. The van der Waals surface area contributed by atoms with Crippen molar-refractivity contribution in [2.75, 3.05) is 46.3 Å². The van der Waals surface area contributed by atoms with Crippen LogP contribution < -0.4 is 16.0 Å². The predicted molar refractivity (Wildman–Crippen MR) is 162 cm³/mol. The van der Waals surface area contributed by atoms with E-state index in [1.165, 1.54) is 6.92 Å². The average molecular weight is 619 g/mol. The first-order valence-electron chi connectivity index (χ1n) is 14.5. The first-order valence-corrected chi connectivity index (χ1v) is 14.5. The summed E-state index contributed by atoms with van der Waals surface area (Å²) in [4.78, 5) is 55.5. The lowest BCUT2D eigenvalue weighted by molar-refractivity contribution is -0.155. The van der Waals surface area contributed by atoms with Gasteiger partial charge < -0.3 is 46.0 Å². The fourth-order valence-corrected chi connectivity index (χ4v) is 6.11. The number of aliphatic hydroxyl groups is 3. The summed E-state index contributed by atoms with van der Waals surface area (Å²) in [6.07, 6.45) is -0.557. The van der Waals surface area contributed by atoms with Crippen LogP contribution in [-0.4, -0.2) is 102 Å². The summed E-state index contributed by atoms with van der Waals surface area (Å²) in [5, 5.41) is 47.8. The number of amides is 2. The average Bonchev–Trinajstić information content (AvgIpc) is 2.92. The molecule has 0 aliphatic heterocycles. The summed E-state index contributed by atoms with van der Waals surface area (Å²) in [7, 11) is 6.79. The molecule has 0 saturated carbocycles. The Morgan fingerprint density at radius 3 is 2.30 bits per heavy atom. The van der Waals surface area contributed by atoms with E-state index in [1.807, 2.05) is 20.8 Å². The number of aromatic hydroxyl groups is 1. The topological polar surface area (TPSA) is 203 Å². The van der Waals surface area contributed by atoms with Gasteiger partial charge in [0.25, 0.3) is 0 Å². The number of phenolic OH excluding ortho intramolecular Hbond substituents is 1. The number of allylic oxidation sites excluding steroid dienone is 1. The summed E-state index contributed by atoms with van der Waals surface area (Å²) in [6.45, 7) is 6.41. The number of carbonyl (C=O) groups excluding carboxylic acids is 4. The fraction of sp³-hybridized carbons (Fsp3) is 0.613. The standard InChI is InChI=1S/C31H46N4O9/c1-15(28(32)41)26(39)31(43)19(21(13-36)35(7)8)10-16-9-18-20(34(5)6)11-17(12-33-29(42)44-14-30(2,3)4)24(37)23(18)25(38)22(16)27(31)40/h11,15-16,19,21,36-37,40,43H,9-10,12-14H2,1-8H3,(H2,32,41)(H,33,42)/t15?,16-,19-,21+,31+/m0/s1. The van der Waals surface area contributed by atoms with Gasteiger partial charge in [0.05, 0.1) is 24.7 Å². The van der Waals surface area contributed by atoms with Gasteiger partial charge in [-0.1, -0.05) is 20.8 Å². The van der Waals surface area contributed by atoms with Gasteiger partial charge in [-0.3, -0.25) is 14.4 Å². The zero-order chi connectivity index (χ0) is 33.5. The Bertz CT molecular complexity index is 1360. The molecule has 0 fully saturated rings. The summed E-state index contributed by atoms with van der Waals surface area (Å²) in [5.74, 6) is -7.59. The van der Waals surface area contributed by atoms with Crippen LogP contribution >= 0.6 is 0 Å². The molecule has 1 aromatic carbocycles. The van der Waals surface area contributed by atoms with E-state index in [9.17, 15) is 39.6 Å². The number of benzene rings is 1. The Hall–Kier alpha value is -3.68. The number of fused-ring (bicyclic) bond motifs is 2. The highest BCUT2D eigenvalue weighted by atomic mass is 16.5. The molecule has 7 N–H and O–H groups in total. The molecular weight excluding hydrogens is 572 g/mol. The number of nitrogens with zero attached hydrogens (tertiary/aromatic N) is 2. The molecule has 0 spiro atoms. The van der Waals surface area contributed by atoms with Crippen LogP contribution in [0, 0.1) is 23.2 Å². The maximum absolute atomic E-state index is 14.2. The van der Waals surface area contributed by atoms with Crippen LogP contribution in [0.1, 0.15) is 55.6 Å². The minimum atomic E-state index is -2.72. The van der Waals surface area contributed by atoms with Crippen LogP contribution in [-0.2, 0) is 27.3 Å². The number of ether oxygens (including phenoxy) is 1. The first kappa shape index (κ1) is 34.8. The van der Waals surface area contributed by atoms with Gasteiger partial charge in [0, 0.05) is 49.4 Å². The molecule has 2 amide bonds. The first-order chi connectivity index (χ1) is 20.3. The van der Waals surface area contributed by atoms with Crippen molar-refractivity contribution in [2.24, 2.45) is 28.9 Å². The zero-order valence-electron chi connectivity index (χ0n) is 26.7. The monoisotopic (exact) mass is 618 g/mol. The van der Waals surface area contributed by atoms with Crippen molar-refractivity contribution < 1.29 is 44.3 Å². The third kappa shape index (κ3) is 6.40. The lowest BCUT2D eigenvalue weighted by atomic mass is 9.60. The Morgan fingerprint density at radius 1 is 1.18 bits per heavy atom. The minimum Gasteiger partial charge on any atom is -0.508 e. The number of aliphatic hydroxyl groups excluding tert-OH is 2. The van der Waals surface area contributed by atoms with Crippen LogP contribution in [0.5, 0.6) is 5.75 Å². The van der Waals surface area contributed by atoms with E-state index in [-0.39, 0.29) is 48.1 Å². The summed E-state index contributed by atoms with van der Waals surface area (Å²) in [6, 6.07) is 0.822. The van der Waals surface area contributed by atoms with Crippen LogP contribution in [0.3, 0.4) is 0 Å². The van der Waals surface area contributed by atoms with Gasteiger partial charge in [0.1, 0.15) is 11.5 Å². The SMILES string of the molecule is CC(C(N)=O)C(=O)[C@@]1(O)C(O)=C2C(=O)c3c(O)c(CNC(=O)OCC(C)(C)C)cc(N(C)C)c3C[C@H]2C[C@H]1[C@@H](CO)N(C)C. The van der Waals surface area contributed by atoms with Crippen LogP contribution in [0.2, 0.25) is 0 Å². The fourth-order valence-electron chi connectivity index (χ4n) is 6.11. The number of alkyl carbamates (subject to hydrolysis) is 1. The minimum absolute atomic E-state index is 0.00173. The molecule has 5 atom stereocenters. The Kier molecular flexibility index (Phi) is 10.1. The van der Waals surface area contributed by atoms with E-state index in [0.717, 1.165) is 0 Å². The van der Waals surface area contributed by atoms with Crippen molar-refractivity contribution in [3.05, 3.63) is 34.1 Å². The van der Waals surface area contributed by atoms with Crippen LogP contribution in [0.25, 0.3) is 0 Å². The van der Waals surface area contributed by atoms with Gasteiger partial charge in [-0.25, -0.2) is 4.79 Å². The van der Waals surface area contributed by atoms with E-state index in [2.05, 4.69) is 5.32 Å². The molecule has 0 bridgehead atoms. The Labute approximate surface area is 257 Å². The molecule has 0 aromatic heterocycles. The van der Waals surface area contributed by atoms with Crippen LogP contribution in [0.4, 0.5) is 10.5 Å². The van der Waals surface area contributed by atoms with Crippen molar-refractivity contribution in [2.45, 2.75) is 58.7 Å². The number of anilines is 1. The summed E-state index contributed by atoms with van der Waals surface area (Å²) >= 11 is 0. The molecule has 44 heavy (non-hydrogen) atoms. The quantitative estimate of drug-likeness (QED) is 0.206. The van der Waals surface area contributed by atoms with Crippen molar-refractivity contribution in [1.82, 2.24) is 10.2 Å². The molecule has 3 rings (SSSR count). The normalized spacial score (nSPS) is 23.0. The van der Waals surface area contributed by atoms with Crippen molar-refractivity contribution in [3.63, 3.8) is 0 Å². The molecule has 1 aromatic rings. The molecule has 0 saturated heterocycles. The number of hydrogen-bond donors (Lipinski definition) is 6. The van der Waals surface area contributed by atoms with E-state index in [1.54, 1.807) is 44.1 Å². The number of phenols is 1. The number of carbonyl (C=O) groups is 4. The third-order valence-electron chi connectivity index (χ3n) is 8.54. The summed E-state index contributed by atoms with van der Waals surface area (Å²) in [5.41, 5.74) is 3.31. The van der Waals surface area contributed by atoms with Crippen molar-refractivity contribution in [3.8, 4) is 5.75 Å². The lowest BCUT2D eigenvalue weighted by Gasteiger charge is -2.48. The smallest absolute Gasteiger partial charge is 0.407 e. The number of Topliss-reactive ketones (excluding diaryl/α,β-unsaturated/α-hetero) is 2. The Balaban J connectivity index is 2.18. The maximum Gasteiger partial charge on any atom is 0.407 e. The van der Waals surface area contributed by atoms with E-state index in [4.69, 9.17) is 10.5 Å². The van der Waals surface area contributed by atoms with Gasteiger partial charge in [0.2, 0.25) is 5.91 Å². The largest absolute Gasteiger partial charge is 0.508 e. The highest BCUT2D eigenvalue weighted by Gasteiger charge is 2.59. The molecule has 13 nitrogen and oxygen atoms in total. The molecule has 244 valence electrons. The predicted octanol–water partition coefficient (Wildman–Crippen LogP) is 1.26. The Morgan fingerprint density at radius 2 is 1.80 bits per heavy atom. The number of nitrogens with one attached hydrogen (secondary N) is 1. The number of ketones is 2. The summed E-state index contributed by atoms with van der Waals surface area (Å²) < 4.78 is 5.24. The molecule has 13 heteroatoms. The zero-order valence-corrected chi connectivity index (χ0v) is 26.7. The molecule has 0 radical (unpaired) electrons. The molecule has 2 aliphatic rings. The number of likely N-dealkylation sites (N-methyl/N-ethyl adjacent to an activating group) is 1. The van der Waals surface area contributed by atoms with Crippen LogP contribution in [0.15, 0.2) is 17.4 Å². The number of primary amides is 1. The van der Waals surface area contributed by atoms with Gasteiger partial charge in [-0.15, -0.1) is 0 Å². The highest BCUT2D eigenvalue weighted by Crippen LogP contribution is 2.51. The molecule has 2 aliphatic carbocycles. The molecular formula is C31H46N4O9. The van der Waals surface area contributed by atoms with E-state index >= 15 is 0 Å². The second-order valence-electron chi connectivity index (χ2n) is 13.4. The number of nitrogens with two attached hydrogens (primary N) is 1. The number of rotatable bonds is 10.